The van der Waals surface area contributed by atoms with E-state index in [4.69, 9.17) is 27.8 Å². The van der Waals surface area contributed by atoms with E-state index in [1.807, 2.05) is 13.0 Å². The number of esters is 1. The number of nitrogens with zero attached hydrogens (tertiary/aromatic N) is 2. The van der Waals surface area contributed by atoms with Gasteiger partial charge in [0.2, 0.25) is 0 Å². The van der Waals surface area contributed by atoms with Crippen LogP contribution < -0.4 is 16.8 Å². The molecule has 12 heteroatoms. The number of rotatable bonds is 9. The molecule has 0 aliphatic rings. The molecule has 5 N–H and O–H groups in total. The Balaban J connectivity index is 2.20. The maximum atomic E-state index is 13.2. The fourth-order valence-corrected chi connectivity index (χ4v) is 3.43. The molecule has 1 amide bonds. The van der Waals surface area contributed by atoms with Gasteiger partial charge in [-0.2, -0.15) is 13.2 Å². The number of ether oxygens (including phenoxy) is 1. The van der Waals surface area contributed by atoms with Crippen molar-refractivity contribution in [2.45, 2.75) is 32.5 Å². The first-order valence-corrected chi connectivity index (χ1v) is 10.8. The normalized spacial score (nSPS) is 12.3. The summed E-state index contributed by atoms with van der Waals surface area (Å²) in [6.45, 7) is 3.61. The highest BCUT2D eigenvalue weighted by Crippen LogP contribution is 2.33. The Morgan fingerprint density at radius 3 is 2.49 bits per heavy atom. The smallest absolute Gasteiger partial charge is 0.416 e. The highest BCUT2D eigenvalue weighted by molar-refractivity contribution is 6.30. The second kappa shape index (κ2) is 12.2. The summed E-state index contributed by atoms with van der Waals surface area (Å²) in [6.07, 6.45) is -3.42. The predicted octanol–water partition coefficient (Wildman–Crippen LogP) is 4.07. The van der Waals surface area contributed by atoms with Crippen molar-refractivity contribution in [2.75, 3.05) is 13.2 Å². The van der Waals surface area contributed by atoms with Crippen LogP contribution in [0.4, 0.5) is 18.9 Å². The molecule has 0 aliphatic heterocycles. The number of carbonyl (C=O) groups is 2. The fraction of sp³-hybridized carbons (Fsp3) is 0.304. The van der Waals surface area contributed by atoms with Gasteiger partial charge in [-0.25, -0.2) is 4.99 Å². The van der Waals surface area contributed by atoms with Gasteiger partial charge >= 0.3 is 12.1 Å². The van der Waals surface area contributed by atoms with Crippen LogP contribution in [0, 0.1) is 6.92 Å². The number of benzene rings is 2. The molecule has 0 bridgehead atoms. The third-order valence-corrected chi connectivity index (χ3v) is 4.74. The van der Waals surface area contributed by atoms with Gasteiger partial charge < -0.3 is 21.5 Å². The number of halogens is 4. The molecule has 0 heterocycles. The summed E-state index contributed by atoms with van der Waals surface area (Å²) in [7, 11) is 0. The van der Waals surface area contributed by atoms with Gasteiger partial charge in [0, 0.05) is 16.8 Å². The van der Waals surface area contributed by atoms with E-state index in [2.05, 4.69) is 15.3 Å². The van der Waals surface area contributed by atoms with Crippen LogP contribution in [0.25, 0.3) is 0 Å². The number of hydrogen-bond donors (Lipinski definition) is 3. The molecule has 0 radical (unpaired) electrons. The van der Waals surface area contributed by atoms with E-state index in [1.54, 1.807) is 19.1 Å². The third-order valence-electron chi connectivity index (χ3n) is 4.52. The van der Waals surface area contributed by atoms with E-state index in [1.165, 1.54) is 6.21 Å². The molecule has 0 fully saturated rings. The number of aryl methyl sites for hydroxylation is 1. The van der Waals surface area contributed by atoms with Crippen molar-refractivity contribution in [3.8, 4) is 0 Å². The minimum absolute atomic E-state index is 0.0619. The summed E-state index contributed by atoms with van der Waals surface area (Å²) in [4.78, 5) is 32.5. The highest BCUT2D eigenvalue weighted by Gasteiger charge is 2.32. The summed E-state index contributed by atoms with van der Waals surface area (Å²) < 4.78 is 44.6. The van der Waals surface area contributed by atoms with E-state index in [0.717, 1.165) is 17.7 Å². The van der Waals surface area contributed by atoms with Crippen LogP contribution in [0.15, 0.2) is 46.4 Å². The van der Waals surface area contributed by atoms with Crippen LogP contribution in [0.3, 0.4) is 0 Å². The van der Waals surface area contributed by atoms with Gasteiger partial charge in [-0.3, -0.25) is 14.6 Å². The number of nitrogens with two attached hydrogens (primary N) is 2. The van der Waals surface area contributed by atoms with Gasteiger partial charge in [0.25, 0.3) is 5.91 Å². The maximum Gasteiger partial charge on any atom is 0.416 e. The average Bonchev–Trinajstić information content (AvgIpc) is 2.73. The van der Waals surface area contributed by atoms with Crippen molar-refractivity contribution >= 4 is 41.3 Å². The van der Waals surface area contributed by atoms with Crippen molar-refractivity contribution < 1.29 is 27.5 Å². The van der Waals surface area contributed by atoms with E-state index in [-0.39, 0.29) is 30.8 Å². The van der Waals surface area contributed by atoms with Gasteiger partial charge in [-0.15, -0.1) is 0 Å². The molecule has 1 unspecified atom stereocenters. The maximum absolute atomic E-state index is 13.2. The Labute approximate surface area is 205 Å². The zero-order valence-electron chi connectivity index (χ0n) is 19.0. The van der Waals surface area contributed by atoms with Crippen molar-refractivity contribution in [3.63, 3.8) is 0 Å². The first-order valence-electron chi connectivity index (χ1n) is 10.4. The first kappa shape index (κ1) is 27.6. The zero-order valence-corrected chi connectivity index (χ0v) is 19.8. The lowest BCUT2D eigenvalue weighted by Gasteiger charge is -2.14. The summed E-state index contributed by atoms with van der Waals surface area (Å²) in [5, 5.41) is 2.93. The van der Waals surface area contributed by atoms with Gasteiger partial charge in [0.1, 0.15) is 0 Å². The monoisotopic (exact) mass is 511 g/mol. The van der Waals surface area contributed by atoms with Gasteiger partial charge in [-0.1, -0.05) is 17.7 Å². The molecule has 188 valence electrons. The minimum Gasteiger partial charge on any atom is -0.466 e. The Kier molecular flexibility index (Phi) is 9.64. The third kappa shape index (κ3) is 8.93. The minimum atomic E-state index is -4.71. The lowest BCUT2D eigenvalue weighted by Crippen LogP contribution is -2.26. The molecule has 35 heavy (non-hydrogen) atoms. The quantitative estimate of drug-likeness (QED) is 0.265. The lowest BCUT2D eigenvalue weighted by atomic mass is 10.0. The number of carbonyl (C=O) groups excluding carboxylic acids is 2. The van der Waals surface area contributed by atoms with Crippen LogP contribution in [-0.4, -0.2) is 37.2 Å². The molecule has 2 rings (SSSR count). The van der Waals surface area contributed by atoms with Crippen molar-refractivity contribution in [1.82, 2.24) is 5.32 Å². The SMILES string of the molecule is CCOC(=O)CC(N=CCNC(=O)c1cc(N=C(N)N)cc(C(F)(F)F)c1)c1cc(C)cc(Cl)c1. The number of guanidine groups is 1. The Morgan fingerprint density at radius 2 is 1.89 bits per heavy atom. The van der Waals surface area contributed by atoms with E-state index < -0.39 is 35.6 Å². The van der Waals surface area contributed by atoms with Crippen LogP contribution in [0.1, 0.15) is 46.4 Å². The lowest BCUT2D eigenvalue weighted by molar-refractivity contribution is -0.143. The number of alkyl halides is 3. The average molecular weight is 512 g/mol. The molecule has 2 aromatic rings. The molecular formula is C23H25ClF3N5O3. The second-order valence-corrected chi connectivity index (χ2v) is 7.87. The molecule has 8 nitrogen and oxygen atoms in total. The second-order valence-electron chi connectivity index (χ2n) is 7.43. The standard InChI is InChI=1S/C23H25ClF3N5O3/c1-3-35-20(33)12-19(14-6-13(2)7-17(24)9-14)30-4-5-31-21(34)15-8-16(23(25,26)27)11-18(10-15)32-22(28)29/h4,6-11,19H,3,5,12H2,1-2H3,(H,31,34)(H4,28,29,32). The zero-order chi connectivity index (χ0) is 26.2. The van der Waals surface area contributed by atoms with Crippen LogP contribution in [0.5, 0.6) is 0 Å². The summed E-state index contributed by atoms with van der Waals surface area (Å²) >= 11 is 6.12. The first-order chi connectivity index (χ1) is 16.4. The summed E-state index contributed by atoms with van der Waals surface area (Å²) in [5.41, 5.74) is 10.4. The Bertz CT molecular complexity index is 1110. The molecule has 1 atom stereocenters. The molecule has 0 saturated carbocycles. The molecule has 0 aromatic heterocycles. The van der Waals surface area contributed by atoms with Crippen molar-refractivity contribution in [2.24, 2.45) is 21.5 Å². The molecule has 0 aliphatic carbocycles. The number of amides is 1. The predicted molar refractivity (Wildman–Crippen MR) is 128 cm³/mol. The molecule has 0 spiro atoms. The van der Waals surface area contributed by atoms with Gasteiger partial charge in [0.05, 0.1) is 36.9 Å². The highest BCUT2D eigenvalue weighted by atomic mass is 35.5. The summed E-state index contributed by atoms with van der Waals surface area (Å²) in [6, 6.07) is 7.15. The van der Waals surface area contributed by atoms with Crippen LogP contribution in [0.2, 0.25) is 5.02 Å². The number of hydrogen-bond acceptors (Lipinski definition) is 5. The van der Waals surface area contributed by atoms with E-state index in [0.29, 0.717) is 16.7 Å². The largest absolute Gasteiger partial charge is 0.466 e. The van der Waals surface area contributed by atoms with Crippen LogP contribution in [-0.2, 0) is 15.7 Å². The van der Waals surface area contributed by atoms with Crippen molar-refractivity contribution in [3.05, 3.63) is 63.7 Å². The van der Waals surface area contributed by atoms with Gasteiger partial charge in [0.15, 0.2) is 5.96 Å². The van der Waals surface area contributed by atoms with Crippen LogP contribution >= 0.6 is 11.6 Å². The van der Waals surface area contributed by atoms with Gasteiger partial charge in [-0.05, 0) is 55.3 Å². The fourth-order valence-electron chi connectivity index (χ4n) is 3.13. The van der Waals surface area contributed by atoms with Crippen molar-refractivity contribution in [1.29, 1.82) is 0 Å². The summed E-state index contributed by atoms with van der Waals surface area (Å²) in [5.74, 6) is -1.71. The number of aliphatic imine (C=N–C) groups is 2. The molecule has 2 aromatic carbocycles. The van der Waals surface area contributed by atoms with E-state index in [9.17, 15) is 22.8 Å². The Hall–Kier alpha value is -3.60. The molecule has 0 saturated heterocycles. The molecular weight excluding hydrogens is 487 g/mol. The topological polar surface area (TPSA) is 132 Å². The number of nitrogens with one attached hydrogen (secondary N) is 1. The Morgan fingerprint density at radius 1 is 1.17 bits per heavy atom. The van der Waals surface area contributed by atoms with E-state index >= 15 is 0 Å².